The maximum Gasteiger partial charge on any atom is 0.338 e. The van der Waals surface area contributed by atoms with Gasteiger partial charge in [-0.05, 0) is 75.0 Å². The van der Waals surface area contributed by atoms with Gasteiger partial charge in [0.25, 0.3) is 6.43 Å². The summed E-state index contributed by atoms with van der Waals surface area (Å²) in [6, 6.07) is 3.80. The van der Waals surface area contributed by atoms with Gasteiger partial charge in [-0.2, -0.15) is 10.2 Å². The Morgan fingerprint density at radius 2 is 1.83 bits per heavy atom. The van der Waals surface area contributed by atoms with Crippen molar-refractivity contribution in [1.29, 1.82) is 5.41 Å². The Kier molecular flexibility index (Phi) is 10.6. The molecular formula is C38H50F2N9O3+. The molecule has 4 N–H and O–H groups in total. The minimum absolute atomic E-state index is 0.0147. The van der Waals surface area contributed by atoms with Crippen LogP contribution in [0.15, 0.2) is 36.8 Å². The molecule has 3 aliphatic heterocycles. The molecule has 2 aromatic heterocycles. The van der Waals surface area contributed by atoms with E-state index in [1.54, 1.807) is 42.8 Å². The number of aryl methyl sites for hydroxylation is 1. The smallest absolute Gasteiger partial charge is 0.338 e. The molecule has 0 spiro atoms. The number of carbonyl (C=O) groups is 2. The second-order valence-corrected chi connectivity index (χ2v) is 14.8. The maximum atomic E-state index is 14.5. The number of anilines is 2. The van der Waals surface area contributed by atoms with Gasteiger partial charge in [0.1, 0.15) is 0 Å². The Morgan fingerprint density at radius 1 is 1.06 bits per heavy atom. The van der Waals surface area contributed by atoms with Crippen LogP contribution < -0.4 is 10.2 Å². The lowest BCUT2D eigenvalue weighted by Crippen LogP contribution is -2.72. The molecule has 0 unspecified atom stereocenters. The normalized spacial score (nSPS) is 21.5. The van der Waals surface area contributed by atoms with Crippen LogP contribution in [0, 0.1) is 11.3 Å². The number of aromatic nitrogens is 4. The first-order chi connectivity index (χ1) is 25.1. The van der Waals surface area contributed by atoms with E-state index < -0.39 is 12.4 Å². The lowest BCUT2D eigenvalue weighted by atomic mass is 9.85. The molecule has 5 heterocycles. The third-order valence-electron chi connectivity index (χ3n) is 11.6. The molecule has 3 aromatic rings. The fourth-order valence-corrected chi connectivity index (χ4v) is 8.73. The highest BCUT2D eigenvalue weighted by Crippen LogP contribution is 2.42. The van der Waals surface area contributed by atoms with Crippen LogP contribution in [0.5, 0.6) is 0 Å². The van der Waals surface area contributed by atoms with Crippen molar-refractivity contribution in [3.63, 3.8) is 0 Å². The van der Waals surface area contributed by atoms with Crippen molar-refractivity contribution in [2.45, 2.75) is 89.8 Å². The number of nitrogens with zero attached hydrogens (tertiary/aromatic N) is 7. The zero-order chi connectivity index (χ0) is 36.5. The molecule has 12 nitrogen and oxygen atoms in total. The Balaban J connectivity index is 1.08. The molecule has 2 fully saturated rings. The number of hydrogen-bond acceptors (Lipinski definition) is 7. The van der Waals surface area contributed by atoms with Crippen molar-refractivity contribution in [2.75, 3.05) is 44.7 Å². The third-order valence-corrected chi connectivity index (χ3v) is 11.6. The number of piperidine rings is 1. The highest BCUT2D eigenvalue weighted by atomic mass is 19.3. The Bertz CT molecular complexity index is 1840. The number of benzene rings is 1. The van der Waals surface area contributed by atoms with Crippen LogP contribution in [0.4, 0.5) is 20.3 Å². The number of rotatable bonds is 10. The summed E-state index contributed by atoms with van der Waals surface area (Å²) in [7, 11) is 1.83. The summed E-state index contributed by atoms with van der Waals surface area (Å²) < 4.78 is 33.1. The van der Waals surface area contributed by atoms with Crippen LogP contribution in [0.2, 0.25) is 0 Å². The van der Waals surface area contributed by atoms with Crippen molar-refractivity contribution < 1.29 is 28.8 Å². The van der Waals surface area contributed by atoms with E-state index >= 15 is 0 Å². The largest absolute Gasteiger partial charge is 0.478 e. The molecule has 7 rings (SSSR count). The van der Waals surface area contributed by atoms with E-state index in [1.165, 1.54) is 6.20 Å². The number of allylic oxidation sites excluding steroid dienone is 1. The van der Waals surface area contributed by atoms with Gasteiger partial charge < -0.3 is 30.5 Å². The fraction of sp³-hybridized carbons (Fsp3) is 0.553. The number of quaternary nitrogens is 1. The summed E-state index contributed by atoms with van der Waals surface area (Å²) >= 11 is 0. The van der Waals surface area contributed by atoms with Crippen molar-refractivity contribution in [1.82, 2.24) is 29.4 Å². The monoisotopic (exact) mass is 718 g/mol. The molecule has 1 saturated heterocycles. The van der Waals surface area contributed by atoms with Crippen LogP contribution in [-0.4, -0.2) is 91.8 Å². The van der Waals surface area contributed by atoms with Gasteiger partial charge in [-0.15, -0.1) is 0 Å². The predicted octanol–water partition coefficient (Wildman–Crippen LogP) is 4.85. The second kappa shape index (κ2) is 15.3. The SMILES string of the molecule is C[NH2+]/C=C\C(=N)c1cc2c(cc1C(F)F)N(c1nn(C3CCN(CC4CCC(n5cc(C(=O)O)cn5)CC4)CC3)c3c1CN(C(C)=O)CC3)CCC2. The van der Waals surface area contributed by atoms with E-state index in [4.69, 9.17) is 10.5 Å². The van der Waals surface area contributed by atoms with E-state index in [2.05, 4.69) is 19.6 Å². The number of likely N-dealkylation sites (tertiary alicyclic amines) is 1. The minimum Gasteiger partial charge on any atom is -0.478 e. The fourth-order valence-electron chi connectivity index (χ4n) is 8.73. The zero-order valence-electron chi connectivity index (χ0n) is 30.1. The number of carboxylic acid groups (broad SMARTS) is 1. The van der Waals surface area contributed by atoms with Gasteiger partial charge in [0.15, 0.2) is 5.82 Å². The molecule has 0 radical (unpaired) electrons. The zero-order valence-corrected chi connectivity index (χ0v) is 30.1. The Labute approximate surface area is 302 Å². The van der Waals surface area contributed by atoms with Crippen LogP contribution in [-0.2, 0) is 24.2 Å². The highest BCUT2D eigenvalue weighted by Gasteiger charge is 2.35. The van der Waals surface area contributed by atoms with E-state index in [0.29, 0.717) is 32.0 Å². The van der Waals surface area contributed by atoms with E-state index in [9.17, 15) is 23.5 Å². The highest BCUT2D eigenvalue weighted by molar-refractivity contribution is 6.08. The number of halogens is 2. The van der Waals surface area contributed by atoms with Gasteiger partial charge in [-0.25, -0.2) is 13.6 Å². The molecule has 1 amide bonds. The van der Waals surface area contributed by atoms with Crippen LogP contribution in [0.1, 0.15) is 109 Å². The molecule has 1 aliphatic carbocycles. The second-order valence-electron chi connectivity index (χ2n) is 14.8. The summed E-state index contributed by atoms with van der Waals surface area (Å²) in [6.45, 7) is 6.31. The van der Waals surface area contributed by atoms with Gasteiger partial charge in [0.2, 0.25) is 5.91 Å². The Morgan fingerprint density at radius 3 is 2.50 bits per heavy atom. The van der Waals surface area contributed by atoms with Crippen LogP contribution in [0.25, 0.3) is 0 Å². The van der Waals surface area contributed by atoms with Crippen molar-refractivity contribution in [3.8, 4) is 0 Å². The molecule has 1 aromatic carbocycles. The van der Waals surface area contributed by atoms with Crippen LogP contribution in [0.3, 0.4) is 0 Å². The number of carboxylic acids is 1. The van der Waals surface area contributed by atoms with E-state index in [0.717, 1.165) is 99.3 Å². The number of alkyl halides is 2. The minimum atomic E-state index is -2.73. The number of nitrogens with two attached hydrogens (primary N) is 1. The Hall–Kier alpha value is -4.43. The molecular weight excluding hydrogens is 668 g/mol. The van der Waals surface area contributed by atoms with Crippen molar-refractivity contribution >= 4 is 29.1 Å². The molecule has 0 bridgehead atoms. The summed E-state index contributed by atoms with van der Waals surface area (Å²) in [4.78, 5) is 30.4. The lowest BCUT2D eigenvalue weighted by molar-refractivity contribution is -0.556. The first-order valence-corrected chi connectivity index (χ1v) is 18.7. The number of carbonyl (C=O) groups excluding carboxylic acids is 1. The molecule has 4 aliphatic rings. The molecule has 52 heavy (non-hydrogen) atoms. The first-order valence-electron chi connectivity index (χ1n) is 18.7. The number of amides is 1. The number of nitrogens with one attached hydrogen (secondary N) is 1. The average Bonchev–Trinajstić information content (AvgIpc) is 3.80. The summed E-state index contributed by atoms with van der Waals surface area (Å²) in [5.74, 6) is 0.435. The van der Waals surface area contributed by atoms with Gasteiger partial charge in [-0.1, -0.05) is 0 Å². The average molecular weight is 719 g/mol. The van der Waals surface area contributed by atoms with Gasteiger partial charge in [0.05, 0.1) is 49.3 Å². The first kappa shape index (κ1) is 36.0. The van der Waals surface area contributed by atoms with Crippen LogP contribution >= 0.6 is 0 Å². The molecule has 14 heteroatoms. The number of fused-ring (bicyclic) bond motifs is 2. The van der Waals surface area contributed by atoms with E-state index in [1.807, 2.05) is 16.6 Å². The topological polar surface area (TPSA) is 140 Å². The lowest BCUT2D eigenvalue weighted by Gasteiger charge is -2.37. The summed E-state index contributed by atoms with van der Waals surface area (Å²) in [6.07, 6.45) is 12.0. The van der Waals surface area contributed by atoms with E-state index in [-0.39, 0.29) is 40.4 Å². The predicted molar refractivity (Wildman–Crippen MR) is 192 cm³/mol. The van der Waals surface area contributed by atoms with Gasteiger partial charge >= 0.3 is 5.97 Å². The quantitative estimate of drug-likeness (QED) is 0.255. The standard InChI is InChI=1S/C38H49F2N9O3/c1-24(50)46-17-12-34-32(23-46)37(47-14-3-4-26-18-30(33(41)9-13-42-2)31(36(39)40)19-35(26)47)44-49(34)29-10-15-45(16-11-29)21-25-5-7-28(8-6-25)48-22-27(20-43-48)38(51)52/h9,13,18-20,22,25,28-29,36,41-42H,3-8,10-12,14-17,21,23H2,1-2H3,(H,51,52)/p+1/b13-9-,41-33?. The van der Waals surface area contributed by atoms with Gasteiger partial charge in [-0.3, -0.25) is 14.2 Å². The molecule has 1 saturated carbocycles. The van der Waals surface area contributed by atoms with Crippen molar-refractivity contribution in [2.24, 2.45) is 5.92 Å². The summed E-state index contributed by atoms with van der Waals surface area (Å²) in [5, 5.41) is 29.1. The number of hydrogen-bond donors (Lipinski definition) is 3. The summed E-state index contributed by atoms with van der Waals surface area (Å²) in [5.41, 5.74) is 4.23. The molecule has 0 atom stereocenters. The number of aromatic carboxylic acids is 1. The maximum absolute atomic E-state index is 14.5. The van der Waals surface area contributed by atoms with Gasteiger partial charge in [0, 0.05) is 86.4 Å². The van der Waals surface area contributed by atoms with Crippen molar-refractivity contribution in [3.05, 3.63) is 70.3 Å². The third kappa shape index (κ3) is 7.27. The molecule has 278 valence electrons.